The molecular weight excluding hydrogens is 176 g/mol. The van der Waals surface area contributed by atoms with Crippen molar-refractivity contribution in [3.05, 3.63) is 36.3 Å². The molecule has 0 aliphatic heterocycles. The molecule has 0 unspecified atom stereocenters. The second-order valence-electron chi connectivity index (χ2n) is 3.34. The van der Waals surface area contributed by atoms with Gasteiger partial charge in [0.25, 0.3) is 0 Å². The normalized spacial score (nSPS) is 10.8. The van der Waals surface area contributed by atoms with Crippen molar-refractivity contribution in [3.8, 4) is 0 Å². The molecule has 0 amide bonds. The lowest BCUT2D eigenvalue weighted by atomic mass is 10.2. The van der Waals surface area contributed by atoms with Crippen LogP contribution in [0.5, 0.6) is 0 Å². The first kappa shape index (κ1) is 11.0. The van der Waals surface area contributed by atoms with Gasteiger partial charge in [0.1, 0.15) is 5.76 Å². The third-order valence-electron chi connectivity index (χ3n) is 2.14. The van der Waals surface area contributed by atoms with Crippen molar-refractivity contribution in [1.29, 1.82) is 0 Å². The van der Waals surface area contributed by atoms with Crippen LogP contribution >= 0.6 is 0 Å². The average molecular weight is 194 g/mol. The molecule has 0 fully saturated rings. The van der Waals surface area contributed by atoms with E-state index in [1.165, 1.54) is 0 Å². The van der Waals surface area contributed by atoms with Gasteiger partial charge in [-0.15, -0.1) is 0 Å². The standard InChI is InChI=1S/C11H18N2O/c1-3-13(8-10(2)7-12)9-11-5-4-6-14-11/h4-6H,2-3,7-9,12H2,1H3. The molecule has 14 heavy (non-hydrogen) atoms. The highest BCUT2D eigenvalue weighted by Crippen LogP contribution is 2.06. The Morgan fingerprint density at radius 1 is 1.64 bits per heavy atom. The Bertz CT molecular complexity index is 267. The molecular formula is C11H18N2O. The number of rotatable bonds is 6. The van der Waals surface area contributed by atoms with Gasteiger partial charge in [-0.2, -0.15) is 0 Å². The Morgan fingerprint density at radius 2 is 2.43 bits per heavy atom. The zero-order valence-corrected chi connectivity index (χ0v) is 8.70. The Labute approximate surface area is 85.2 Å². The van der Waals surface area contributed by atoms with E-state index in [0.29, 0.717) is 6.54 Å². The summed E-state index contributed by atoms with van der Waals surface area (Å²) in [5, 5.41) is 0. The maximum absolute atomic E-state index is 5.50. The fraction of sp³-hybridized carbons (Fsp3) is 0.455. The topological polar surface area (TPSA) is 42.4 Å². The molecule has 3 heteroatoms. The molecule has 0 bridgehead atoms. The van der Waals surface area contributed by atoms with Gasteiger partial charge in [-0.05, 0) is 24.3 Å². The first-order chi connectivity index (χ1) is 6.76. The van der Waals surface area contributed by atoms with Crippen LogP contribution in [0.3, 0.4) is 0 Å². The first-order valence-corrected chi connectivity index (χ1v) is 4.87. The van der Waals surface area contributed by atoms with E-state index in [0.717, 1.165) is 31.0 Å². The van der Waals surface area contributed by atoms with Crippen LogP contribution in [-0.4, -0.2) is 24.5 Å². The van der Waals surface area contributed by atoms with Crippen LogP contribution in [0.25, 0.3) is 0 Å². The van der Waals surface area contributed by atoms with Crippen LogP contribution in [0.2, 0.25) is 0 Å². The quantitative estimate of drug-likeness (QED) is 0.700. The van der Waals surface area contributed by atoms with Crippen molar-refractivity contribution in [2.24, 2.45) is 5.73 Å². The Balaban J connectivity index is 2.43. The largest absolute Gasteiger partial charge is 0.468 e. The van der Waals surface area contributed by atoms with Crippen LogP contribution in [0.15, 0.2) is 35.0 Å². The van der Waals surface area contributed by atoms with Gasteiger partial charge in [-0.1, -0.05) is 13.5 Å². The van der Waals surface area contributed by atoms with Gasteiger partial charge < -0.3 is 10.2 Å². The van der Waals surface area contributed by atoms with Crippen molar-refractivity contribution in [2.45, 2.75) is 13.5 Å². The van der Waals surface area contributed by atoms with Crippen LogP contribution in [-0.2, 0) is 6.54 Å². The highest BCUT2D eigenvalue weighted by molar-refractivity contribution is 5.02. The minimum absolute atomic E-state index is 0.550. The molecule has 3 nitrogen and oxygen atoms in total. The van der Waals surface area contributed by atoms with E-state index in [9.17, 15) is 0 Å². The maximum Gasteiger partial charge on any atom is 0.117 e. The minimum Gasteiger partial charge on any atom is -0.468 e. The van der Waals surface area contributed by atoms with Crippen LogP contribution in [0, 0.1) is 0 Å². The molecule has 0 aliphatic carbocycles. The number of nitrogens with two attached hydrogens (primary N) is 1. The molecule has 0 aliphatic rings. The van der Waals surface area contributed by atoms with Crippen molar-refractivity contribution < 1.29 is 4.42 Å². The van der Waals surface area contributed by atoms with Crippen molar-refractivity contribution in [1.82, 2.24) is 4.90 Å². The summed E-state index contributed by atoms with van der Waals surface area (Å²) in [5.74, 6) is 0.983. The lowest BCUT2D eigenvalue weighted by molar-refractivity contribution is 0.275. The fourth-order valence-corrected chi connectivity index (χ4v) is 1.28. The van der Waals surface area contributed by atoms with Gasteiger partial charge in [-0.3, -0.25) is 4.90 Å². The molecule has 0 atom stereocenters. The summed E-state index contributed by atoms with van der Waals surface area (Å²) in [4.78, 5) is 2.24. The van der Waals surface area contributed by atoms with E-state index >= 15 is 0 Å². The molecule has 0 spiro atoms. The van der Waals surface area contributed by atoms with E-state index < -0.39 is 0 Å². The van der Waals surface area contributed by atoms with E-state index in [1.807, 2.05) is 12.1 Å². The third-order valence-corrected chi connectivity index (χ3v) is 2.14. The van der Waals surface area contributed by atoms with Crippen LogP contribution in [0.4, 0.5) is 0 Å². The molecule has 0 saturated carbocycles. The lowest BCUT2D eigenvalue weighted by Crippen LogP contribution is -2.26. The number of furan rings is 1. The monoisotopic (exact) mass is 194 g/mol. The Kier molecular flexibility index (Phi) is 4.43. The van der Waals surface area contributed by atoms with E-state index in [2.05, 4.69) is 18.4 Å². The van der Waals surface area contributed by atoms with Crippen molar-refractivity contribution in [3.63, 3.8) is 0 Å². The summed E-state index contributed by atoms with van der Waals surface area (Å²) < 4.78 is 5.28. The predicted molar refractivity (Wildman–Crippen MR) is 57.9 cm³/mol. The third kappa shape index (κ3) is 3.36. The zero-order chi connectivity index (χ0) is 10.4. The number of likely N-dealkylation sites (N-methyl/N-ethyl adjacent to an activating group) is 1. The fourth-order valence-electron chi connectivity index (χ4n) is 1.28. The van der Waals surface area contributed by atoms with Gasteiger partial charge >= 0.3 is 0 Å². The molecule has 2 N–H and O–H groups in total. The second kappa shape index (κ2) is 5.62. The smallest absolute Gasteiger partial charge is 0.117 e. The van der Waals surface area contributed by atoms with Crippen molar-refractivity contribution >= 4 is 0 Å². The van der Waals surface area contributed by atoms with E-state index in [4.69, 9.17) is 10.2 Å². The molecule has 0 saturated heterocycles. The van der Waals surface area contributed by atoms with E-state index in [-0.39, 0.29) is 0 Å². The molecule has 1 rings (SSSR count). The molecule has 1 aromatic rings. The summed E-state index contributed by atoms with van der Waals surface area (Å²) in [5.41, 5.74) is 6.55. The average Bonchev–Trinajstić information content (AvgIpc) is 2.69. The van der Waals surface area contributed by atoms with Crippen LogP contribution in [0.1, 0.15) is 12.7 Å². The molecule has 0 aromatic carbocycles. The zero-order valence-electron chi connectivity index (χ0n) is 8.70. The predicted octanol–water partition coefficient (Wildman–Crippen LogP) is 1.62. The molecule has 1 heterocycles. The van der Waals surface area contributed by atoms with Gasteiger partial charge in [0, 0.05) is 13.1 Å². The maximum atomic E-state index is 5.50. The van der Waals surface area contributed by atoms with Crippen molar-refractivity contribution in [2.75, 3.05) is 19.6 Å². The second-order valence-corrected chi connectivity index (χ2v) is 3.34. The lowest BCUT2D eigenvalue weighted by Gasteiger charge is -2.19. The Hall–Kier alpha value is -1.06. The number of nitrogens with zero attached hydrogens (tertiary/aromatic N) is 1. The summed E-state index contributed by atoms with van der Waals surface area (Å²) in [6.07, 6.45) is 1.70. The SMILES string of the molecule is C=C(CN)CN(CC)Cc1ccco1. The first-order valence-electron chi connectivity index (χ1n) is 4.87. The highest BCUT2D eigenvalue weighted by atomic mass is 16.3. The molecule has 1 aromatic heterocycles. The molecule has 78 valence electrons. The van der Waals surface area contributed by atoms with Gasteiger partial charge in [0.15, 0.2) is 0 Å². The van der Waals surface area contributed by atoms with Gasteiger partial charge in [0.2, 0.25) is 0 Å². The number of hydrogen-bond acceptors (Lipinski definition) is 3. The van der Waals surface area contributed by atoms with Gasteiger partial charge in [-0.25, -0.2) is 0 Å². The summed E-state index contributed by atoms with van der Waals surface area (Å²) in [6.45, 7) is 9.20. The molecule has 0 radical (unpaired) electrons. The van der Waals surface area contributed by atoms with Gasteiger partial charge in [0.05, 0.1) is 12.8 Å². The summed E-state index contributed by atoms with van der Waals surface area (Å²) in [7, 11) is 0. The van der Waals surface area contributed by atoms with Crippen LogP contribution < -0.4 is 5.73 Å². The number of hydrogen-bond donors (Lipinski definition) is 1. The van der Waals surface area contributed by atoms with E-state index in [1.54, 1.807) is 6.26 Å². The Morgan fingerprint density at radius 3 is 2.93 bits per heavy atom. The minimum atomic E-state index is 0.550. The summed E-state index contributed by atoms with van der Waals surface area (Å²) in [6, 6.07) is 3.88. The highest BCUT2D eigenvalue weighted by Gasteiger charge is 2.06. The summed E-state index contributed by atoms with van der Waals surface area (Å²) >= 11 is 0.